The first-order valence-electron chi connectivity index (χ1n) is 9.11. The van der Waals surface area contributed by atoms with Crippen LogP contribution in [0, 0.1) is 20.8 Å². The maximum absolute atomic E-state index is 12.6. The van der Waals surface area contributed by atoms with E-state index in [1.807, 2.05) is 13.8 Å². The summed E-state index contributed by atoms with van der Waals surface area (Å²) in [6.45, 7) is 6.13. The summed E-state index contributed by atoms with van der Waals surface area (Å²) >= 11 is 0. The smallest absolute Gasteiger partial charge is 0.258 e. The Morgan fingerprint density at radius 1 is 0.931 bits per heavy atom. The average molecular weight is 392 g/mol. The van der Waals surface area contributed by atoms with Crippen molar-refractivity contribution in [2.45, 2.75) is 20.8 Å². The molecule has 0 aliphatic carbocycles. The normalized spacial score (nSPS) is 10.4. The molecule has 1 aromatic heterocycles. The van der Waals surface area contributed by atoms with Gasteiger partial charge in [-0.2, -0.15) is 0 Å². The summed E-state index contributed by atoms with van der Waals surface area (Å²) in [5.74, 6) is 1.24. The molecule has 2 aromatic carbocycles. The number of amides is 1. The molecule has 2 N–H and O–H groups in total. The van der Waals surface area contributed by atoms with Crippen LogP contribution in [0.5, 0.6) is 11.5 Å². The minimum Gasteiger partial charge on any atom is -0.497 e. The Hall–Kier alpha value is -3.61. The zero-order valence-corrected chi connectivity index (χ0v) is 17.2. The molecule has 7 nitrogen and oxygen atoms in total. The molecule has 7 heteroatoms. The molecule has 0 spiro atoms. The van der Waals surface area contributed by atoms with Gasteiger partial charge in [0.1, 0.15) is 11.5 Å². The molecule has 0 fully saturated rings. The predicted molar refractivity (Wildman–Crippen MR) is 113 cm³/mol. The molecule has 29 heavy (non-hydrogen) atoms. The molecule has 3 aromatic rings. The van der Waals surface area contributed by atoms with Crippen LogP contribution in [0.3, 0.4) is 0 Å². The van der Waals surface area contributed by atoms with Crippen molar-refractivity contribution in [2.75, 3.05) is 24.9 Å². The van der Waals surface area contributed by atoms with Crippen LogP contribution in [0.4, 0.5) is 17.3 Å². The molecule has 0 bridgehead atoms. The summed E-state index contributed by atoms with van der Waals surface area (Å²) in [5.41, 5.74) is 5.26. The number of carbonyl (C=O) groups excluding carboxylic acids is 1. The zero-order chi connectivity index (χ0) is 21.0. The highest BCUT2D eigenvalue weighted by atomic mass is 16.5. The Kier molecular flexibility index (Phi) is 5.97. The number of rotatable bonds is 6. The number of carbonyl (C=O) groups is 1. The van der Waals surface area contributed by atoms with Crippen molar-refractivity contribution in [1.82, 2.24) is 9.97 Å². The summed E-state index contributed by atoms with van der Waals surface area (Å²) in [5, 5.41) is 6.03. The maximum Gasteiger partial charge on any atom is 0.258 e. The molecule has 1 heterocycles. The second-order valence-corrected chi connectivity index (χ2v) is 6.71. The second-order valence-electron chi connectivity index (χ2n) is 6.71. The Balaban J connectivity index is 1.74. The summed E-state index contributed by atoms with van der Waals surface area (Å²) in [6.07, 6.45) is 2.97. The third-order valence-corrected chi connectivity index (χ3v) is 4.48. The lowest BCUT2D eigenvalue weighted by Gasteiger charge is -2.13. The lowest BCUT2D eigenvalue weighted by Crippen LogP contribution is -2.14. The zero-order valence-electron chi connectivity index (χ0n) is 17.2. The maximum atomic E-state index is 12.6. The molecule has 0 aliphatic rings. The fraction of sp³-hybridized carbons (Fsp3) is 0.227. The minimum atomic E-state index is -0.331. The second kappa shape index (κ2) is 8.60. The Morgan fingerprint density at radius 2 is 1.59 bits per heavy atom. The minimum absolute atomic E-state index is 0.331. The first-order chi connectivity index (χ1) is 13.9. The van der Waals surface area contributed by atoms with Crippen LogP contribution in [0.25, 0.3) is 0 Å². The van der Waals surface area contributed by atoms with Gasteiger partial charge in [0, 0.05) is 24.1 Å². The van der Waals surface area contributed by atoms with Crippen molar-refractivity contribution in [1.29, 1.82) is 0 Å². The molecule has 0 saturated heterocycles. The first-order valence-corrected chi connectivity index (χ1v) is 9.11. The number of ether oxygens (including phenoxy) is 2. The van der Waals surface area contributed by atoms with Gasteiger partial charge in [0.15, 0.2) is 0 Å². The van der Waals surface area contributed by atoms with Crippen LogP contribution in [-0.2, 0) is 0 Å². The topological polar surface area (TPSA) is 85.4 Å². The fourth-order valence-corrected chi connectivity index (χ4v) is 3.10. The van der Waals surface area contributed by atoms with E-state index in [0.29, 0.717) is 28.7 Å². The molecule has 0 aliphatic heterocycles. The number of nitrogens with one attached hydrogen (secondary N) is 2. The van der Waals surface area contributed by atoms with Crippen LogP contribution < -0.4 is 20.1 Å². The van der Waals surface area contributed by atoms with Crippen molar-refractivity contribution in [3.63, 3.8) is 0 Å². The molecule has 0 saturated carbocycles. The van der Waals surface area contributed by atoms with E-state index in [9.17, 15) is 4.79 Å². The van der Waals surface area contributed by atoms with Crippen molar-refractivity contribution in [2.24, 2.45) is 0 Å². The highest BCUT2D eigenvalue weighted by Crippen LogP contribution is 2.29. The monoisotopic (exact) mass is 392 g/mol. The van der Waals surface area contributed by atoms with Gasteiger partial charge >= 0.3 is 0 Å². The summed E-state index contributed by atoms with van der Waals surface area (Å²) in [7, 11) is 3.10. The standard InChI is InChI=1S/C22H24N4O3/c1-13-8-14(2)20(15(3)9-13)26-22-23-11-16(12-24-22)21(27)25-18-7-6-17(28-4)10-19(18)29-5/h6-12H,1-5H3,(H,25,27)(H,23,24,26). The van der Waals surface area contributed by atoms with Gasteiger partial charge in [-0.15, -0.1) is 0 Å². The van der Waals surface area contributed by atoms with Gasteiger partial charge in [-0.25, -0.2) is 9.97 Å². The van der Waals surface area contributed by atoms with E-state index in [2.05, 4.69) is 39.7 Å². The number of aryl methyl sites for hydroxylation is 3. The summed E-state index contributed by atoms with van der Waals surface area (Å²) in [6, 6.07) is 9.35. The quantitative estimate of drug-likeness (QED) is 0.646. The number of benzene rings is 2. The highest BCUT2D eigenvalue weighted by molar-refractivity contribution is 6.04. The van der Waals surface area contributed by atoms with Gasteiger partial charge in [0.05, 0.1) is 25.5 Å². The van der Waals surface area contributed by atoms with E-state index in [1.54, 1.807) is 25.3 Å². The van der Waals surface area contributed by atoms with E-state index in [0.717, 1.165) is 16.8 Å². The summed E-state index contributed by atoms with van der Waals surface area (Å²) < 4.78 is 10.5. The van der Waals surface area contributed by atoms with E-state index in [4.69, 9.17) is 9.47 Å². The molecular weight excluding hydrogens is 368 g/mol. The van der Waals surface area contributed by atoms with Gasteiger partial charge in [-0.3, -0.25) is 4.79 Å². The van der Waals surface area contributed by atoms with Crippen LogP contribution in [0.1, 0.15) is 27.0 Å². The summed E-state index contributed by atoms with van der Waals surface area (Å²) in [4.78, 5) is 21.1. The number of hydrogen-bond acceptors (Lipinski definition) is 6. The first kappa shape index (κ1) is 20.1. The Bertz CT molecular complexity index is 1010. The molecular formula is C22H24N4O3. The molecule has 0 unspecified atom stereocenters. The van der Waals surface area contributed by atoms with Crippen LogP contribution in [0.15, 0.2) is 42.7 Å². The molecule has 0 atom stereocenters. The lowest BCUT2D eigenvalue weighted by molar-refractivity contribution is 0.102. The predicted octanol–water partition coefficient (Wildman–Crippen LogP) is 4.41. The SMILES string of the molecule is COc1ccc(NC(=O)c2cnc(Nc3c(C)cc(C)cc3C)nc2)c(OC)c1. The van der Waals surface area contributed by atoms with Crippen molar-refractivity contribution < 1.29 is 14.3 Å². The van der Waals surface area contributed by atoms with E-state index in [1.165, 1.54) is 25.1 Å². The van der Waals surface area contributed by atoms with E-state index >= 15 is 0 Å². The van der Waals surface area contributed by atoms with Gasteiger partial charge in [-0.05, 0) is 44.0 Å². The van der Waals surface area contributed by atoms with E-state index < -0.39 is 0 Å². The molecule has 150 valence electrons. The van der Waals surface area contributed by atoms with Gasteiger partial charge < -0.3 is 20.1 Å². The van der Waals surface area contributed by atoms with Crippen LogP contribution in [0.2, 0.25) is 0 Å². The molecule has 0 radical (unpaired) electrons. The van der Waals surface area contributed by atoms with Crippen molar-refractivity contribution in [3.05, 3.63) is 65.0 Å². The fourth-order valence-electron chi connectivity index (χ4n) is 3.10. The van der Waals surface area contributed by atoms with Gasteiger partial charge in [-0.1, -0.05) is 17.7 Å². The lowest BCUT2D eigenvalue weighted by atomic mass is 10.1. The van der Waals surface area contributed by atoms with Gasteiger partial charge in [0.2, 0.25) is 5.95 Å². The van der Waals surface area contributed by atoms with Gasteiger partial charge in [0.25, 0.3) is 5.91 Å². The van der Waals surface area contributed by atoms with Crippen molar-refractivity contribution >= 4 is 23.2 Å². The van der Waals surface area contributed by atoms with Crippen LogP contribution in [-0.4, -0.2) is 30.1 Å². The highest BCUT2D eigenvalue weighted by Gasteiger charge is 2.13. The Labute approximate surface area is 170 Å². The largest absolute Gasteiger partial charge is 0.497 e. The number of anilines is 3. The Morgan fingerprint density at radius 3 is 2.17 bits per heavy atom. The third-order valence-electron chi connectivity index (χ3n) is 4.48. The number of nitrogens with zero attached hydrogens (tertiary/aromatic N) is 2. The number of methoxy groups -OCH3 is 2. The number of hydrogen-bond donors (Lipinski definition) is 2. The average Bonchev–Trinajstić information content (AvgIpc) is 2.71. The molecule has 3 rings (SSSR count). The van der Waals surface area contributed by atoms with E-state index in [-0.39, 0.29) is 5.91 Å². The number of aromatic nitrogens is 2. The van der Waals surface area contributed by atoms with Crippen molar-refractivity contribution in [3.8, 4) is 11.5 Å². The molecule has 1 amide bonds. The third kappa shape index (κ3) is 4.63. The van der Waals surface area contributed by atoms with Crippen LogP contribution >= 0.6 is 0 Å².